The Morgan fingerprint density at radius 1 is 1.37 bits per heavy atom. The van der Waals surface area contributed by atoms with E-state index in [0.29, 0.717) is 12.1 Å². The van der Waals surface area contributed by atoms with Crippen LogP contribution < -0.4 is 5.32 Å². The van der Waals surface area contributed by atoms with Crippen LogP contribution in [0.15, 0.2) is 22.7 Å². The molecule has 1 aromatic heterocycles. The van der Waals surface area contributed by atoms with E-state index in [9.17, 15) is 9.50 Å². The molecule has 0 saturated heterocycles. The summed E-state index contributed by atoms with van der Waals surface area (Å²) in [4.78, 5) is 0. The van der Waals surface area contributed by atoms with Crippen molar-refractivity contribution in [3.05, 3.63) is 46.6 Å². The number of aromatic nitrogens is 1. The summed E-state index contributed by atoms with van der Waals surface area (Å²) in [6.07, 6.45) is 0. The maximum atomic E-state index is 13.1. The molecule has 0 saturated carbocycles. The number of aryl methyl sites for hydroxylation is 2. The normalized spacial score (nSPS) is 12.6. The van der Waals surface area contributed by atoms with E-state index in [2.05, 4.69) is 10.5 Å². The van der Waals surface area contributed by atoms with Crippen LogP contribution in [-0.4, -0.2) is 10.3 Å². The van der Waals surface area contributed by atoms with E-state index in [1.807, 2.05) is 20.8 Å². The van der Waals surface area contributed by atoms with E-state index in [4.69, 9.17) is 4.52 Å². The van der Waals surface area contributed by atoms with Crippen molar-refractivity contribution < 1.29 is 14.0 Å². The number of benzene rings is 1. The third-order valence-electron chi connectivity index (χ3n) is 3.08. The van der Waals surface area contributed by atoms with Gasteiger partial charge in [-0.2, -0.15) is 0 Å². The number of halogens is 1. The molecule has 0 bridgehead atoms. The SMILES string of the molecule is Cc1noc(C)c1C(C)NCc1cc(O)cc(F)c1. The van der Waals surface area contributed by atoms with E-state index in [1.54, 1.807) is 0 Å². The van der Waals surface area contributed by atoms with E-state index in [1.165, 1.54) is 12.1 Å². The molecule has 0 amide bonds. The summed E-state index contributed by atoms with van der Waals surface area (Å²) in [6, 6.07) is 4.06. The van der Waals surface area contributed by atoms with Crippen molar-refractivity contribution in [1.82, 2.24) is 10.5 Å². The average Bonchev–Trinajstić information content (AvgIpc) is 2.65. The standard InChI is InChI=1S/C14H17FN2O2/c1-8(14-9(2)17-19-10(14)3)16-7-11-4-12(15)6-13(18)5-11/h4-6,8,16,18H,7H2,1-3H3. The molecule has 1 aromatic carbocycles. The average molecular weight is 264 g/mol. The largest absolute Gasteiger partial charge is 0.508 e. The van der Waals surface area contributed by atoms with Gasteiger partial charge in [0.2, 0.25) is 0 Å². The fourth-order valence-electron chi connectivity index (χ4n) is 2.22. The lowest BCUT2D eigenvalue weighted by Gasteiger charge is -2.14. The van der Waals surface area contributed by atoms with Crippen molar-refractivity contribution in [2.24, 2.45) is 0 Å². The van der Waals surface area contributed by atoms with Gasteiger partial charge in [-0.05, 0) is 38.5 Å². The van der Waals surface area contributed by atoms with E-state index in [0.717, 1.165) is 23.1 Å². The molecule has 0 aliphatic carbocycles. The second-order valence-electron chi connectivity index (χ2n) is 4.66. The van der Waals surface area contributed by atoms with Crippen LogP contribution in [-0.2, 0) is 6.54 Å². The molecule has 0 radical (unpaired) electrons. The minimum atomic E-state index is -0.443. The Labute approximate surface area is 111 Å². The van der Waals surface area contributed by atoms with Gasteiger partial charge in [0.25, 0.3) is 0 Å². The van der Waals surface area contributed by atoms with Gasteiger partial charge in [-0.3, -0.25) is 0 Å². The minimum absolute atomic E-state index is 0.0386. The Balaban J connectivity index is 2.06. The molecule has 4 nitrogen and oxygen atoms in total. The summed E-state index contributed by atoms with van der Waals surface area (Å²) in [5, 5.41) is 16.5. The molecule has 102 valence electrons. The quantitative estimate of drug-likeness (QED) is 0.891. The summed E-state index contributed by atoms with van der Waals surface area (Å²) in [6.45, 7) is 6.20. The van der Waals surface area contributed by atoms with E-state index < -0.39 is 5.82 Å². The zero-order chi connectivity index (χ0) is 14.0. The van der Waals surface area contributed by atoms with Gasteiger partial charge in [0.15, 0.2) is 0 Å². The molecule has 1 atom stereocenters. The highest BCUT2D eigenvalue weighted by molar-refractivity contribution is 5.29. The van der Waals surface area contributed by atoms with Crippen LogP contribution in [0.2, 0.25) is 0 Å². The Morgan fingerprint density at radius 3 is 2.68 bits per heavy atom. The van der Waals surface area contributed by atoms with E-state index in [-0.39, 0.29) is 11.8 Å². The number of nitrogens with zero attached hydrogens (tertiary/aromatic N) is 1. The van der Waals surface area contributed by atoms with Crippen LogP contribution >= 0.6 is 0 Å². The number of nitrogens with one attached hydrogen (secondary N) is 1. The van der Waals surface area contributed by atoms with Crippen molar-refractivity contribution in [2.45, 2.75) is 33.4 Å². The van der Waals surface area contributed by atoms with Gasteiger partial charge < -0.3 is 14.9 Å². The summed E-state index contributed by atoms with van der Waals surface area (Å²) in [5.74, 6) is 0.267. The van der Waals surface area contributed by atoms with Crippen molar-refractivity contribution >= 4 is 0 Å². The number of phenolic OH excluding ortho intramolecular Hbond substituents is 1. The lowest BCUT2D eigenvalue weighted by atomic mass is 10.1. The van der Waals surface area contributed by atoms with Crippen LogP contribution in [0.4, 0.5) is 4.39 Å². The number of aromatic hydroxyl groups is 1. The predicted octanol–water partition coefficient (Wildman–Crippen LogP) is 2.99. The van der Waals surface area contributed by atoms with Gasteiger partial charge in [0.05, 0.1) is 5.69 Å². The molecule has 0 fully saturated rings. The zero-order valence-electron chi connectivity index (χ0n) is 11.2. The summed E-state index contributed by atoms with van der Waals surface area (Å²) in [5.41, 5.74) is 2.55. The molecular formula is C14H17FN2O2. The zero-order valence-corrected chi connectivity index (χ0v) is 11.2. The molecule has 1 unspecified atom stereocenters. The summed E-state index contributed by atoms with van der Waals surface area (Å²) in [7, 11) is 0. The molecule has 19 heavy (non-hydrogen) atoms. The maximum Gasteiger partial charge on any atom is 0.138 e. The molecule has 5 heteroatoms. The van der Waals surface area contributed by atoms with Gasteiger partial charge in [-0.25, -0.2) is 4.39 Å². The monoisotopic (exact) mass is 264 g/mol. The predicted molar refractivity (Wildman–Crippen MR) is 69.3 cm³/mol. The first kappa shape index (κ1) is 13.5. The molecule has 1 heterocycles. The van der Waals surface area contributed by atoms with Crippen molar-refractivity contribution in [3.63, 3.8) is 0 Å². The van der Waals surface area contributed by atoms with Gasteiger partial charge >= 0.3 is 0 Å². The van der Waals surface area contributed by atoms with Crippen LogP contribution in [0, 0.1) is 19.7 Å². The lowest BCUT2D eigenvalue weighted by molar-refractivity contribution is 0.390. The van der Waals surface area contributed by atoms with Crippen LogP contribution in [0.5, 0.6) is 5.75 Å². The second kappa shape index (κ2) is 5.40. The molecule has 0 aliphatic rings. The first-order valence-electron chi connectivity index (χ1n) is 6.12. The smallest absolute Gasteiger partial charge is 0.138 e. The first-order valence-corrected chi connectivity index (χ1v) is 6.12. The number of phenols is 1. The van der Waals surface area contributed by atoms with Crippen molar-refractivity contribution in [2.75, 3.05) is 0 Å². The Hall–Kier alpha value is -1.88. The Bertz CT molecular complexity index is 541. The lowest BCUT2D eigenvalue weighted by Crippen LogP contribution is -2.19. The van der Waals surface area contributed by atoms with E-state index >= 15 is 0 Å². The highest BCUT2D eigenvalue weighted by atomic mass is 19.1. The Morgan fingerprint density at radius 2 is 2.11 bits per heavy atom. The highest BCUT2D eigenvalue weighted by Gasteiger charge is 2.15. The third kappa shape index (κ3) is 3.12. The fraction of sp³-hybridized carbons (Fsp3) is 0.357. The number of hydrogen-bond donors (Lipinski definition) is 2. The molecule has 0 aliphatic heterocycles. The van der Waals surface area contributed by atoms with Gasteiger partial charge in [-0.15, -0.1) is 0 Å². The topological polar surface area (TPSA) is 58.3 Å². The molecule has 2 aromatic rings. The first-order chi connectivity index (χ1) is 8.97. The summed E-state index contributed by atoms with van der Waals surface area (Å²) >= 11 is 0. The molecule has 2 N–H and O–H groups in total. The highest BCUT2D eigenvalue weighted by Crippen LogP contribution is 2.22. The minimum Gasteiger partial charge on any atom is -0.508 e. The van der Waals surface area contributed by atoms with Crippen LogP contribution in [0.1, 0.15) is 35.5 Å². The fourth-order valence-corrected chi connectivity index (χ4v) is 2.22. The van der Waals surface area contributed by atoms with Crippen molar-refractivity contribution in [1.29, 1.82) is 0 Å². The van der Waals surface area contributed by atoms with Gasteiger partial charge in [0.1, 0.15) is 17.3 Å². The van der Waals surface area contributed by atoms with Gasteiger partial charge in [-0.1, -0.05) is 5.16 Å². The second-order valence-corrected chi connectivity index (χ2v) is 4.66. The Kier molecular flexibility index (Phi) is 3.85. The molecule has 0 spiro atoms. The van der Waals surface area contributed by atoms with Crippen LogP contribution in [0.3, 0.4) is 0 Å². The molecule has 2 rings (SSSR count). The van der Waals surface area contributed by atoms with Crippen LogP contribution in [0.25, 0.3) is 0 Å². The van der Waals surface area contributed by atoms with Gasteiger partial charge in [0, 0.05) is 24.2 Å². The third-order valence-corrected chi connectivity index (χ3v) is 3.08. The maximum absolute atomic E-state index is 13.1. The molecular weight excluding hydrogens is 247 g/mol. The number of rotatable bonds is 4. The summed E-state index contributed by atoms with van der Waals surface area (Å²) < 4.78 is 18.3. The number of hydrogen-bond acceptors (Lipinski definition) is 4. The van der Waals surface area contributed by atoms with Crippen molar-refractivity contribution in [3.8, 4) is 5.75 Å².